The van der Waals surface area contributed by atoms with Gasteiger partial charge in [0.05, 0.1) is 28.2 Å². The molecule has 0 bridgehead atoms. The summed E-state index contributed by atoms with van der Waals surface area (Å²) in [5.74, 6) is 1.85. The summed E-state index contributed by atoms with van der Waals surface area (Å²) in [5.41, 5.74) is 2.58. The number of nitrogens with one attached hydrogen (secondary N) is 2. The summed E-state index contributed by atoms with van der Waals surface area (Å²) < 4.78 is 1.67. The van der Waals surface area contributed by atoms with E-state index in [1.165, 1.54) is 6.20 Å². The average Bonchev–Trinajstić information content (AvgIpc) is 2.97. The Kier molecular flexibility index (Phi) is 3.90. The maximum absolute atomic E-state index is 12.2. The van der Waals surface area contributed by atoms with Gasteiger partial charge in [0.15, 0.2) is 0 Å². The quantitative estimate of drug-likeness (QED) is 0.583. The molecular weight excluding hydrogens is 342 g/mol. The number of nitrogens with zero attached hydrogens (tertiary/aromatic N) is 5. The highest BCUT2D eigenvalue weighted by atomic mass is 16.1. The average molecular weight is 357 g/mol. The van der Waals surface area contributed by atoms with E-state index in [4.69, 9.17) is 5.26 Å². The van der Waals surface area contributed by atoms with Crippen LogP contribution < -0.4 is 10.9 Å². The summed E-state index contributed by atoms with van der Waals surface area (Å²) in [7, 11) is 0. The molecule has 3 aromatic heterocycles. The second-order valence-corrected chi connectivity index (χ2v) is 6.09. The lowest BCUT2D eigenvalue weighted by Gasteiger charge is -2.08. The molecule has 8 heteroatoms. The van der Waals surface area contributed by atoms with Gasteiger partial charge in [0.1, 0.15) is 17.5 Å². The highest BCUT2D eigenvalue weighted by Crippen LogP contribution is 2.20. The van der Waals surface area contributed by atoms with Gasteiger partial charge in [0, 0.05) is 24.0 Å². The number of hydrogen-bond donors (Lipinski definition) is 2. The van der Waals surface area contributed by atoms with Gasteiger partial charge in [-0.25, -0.2) is 15.0 Å². The molecule has 0 amide bonds. The monoisotopic (exact) mass is 357 g/mol. The van der Waals surface area contributed by atoms with E-state index in [2.05, 4.69) is 31.4 Å². The van der Waals surface area contributed by atoms with Crippen molar-refractivity contribution in [2.24, 2.45) is 0 Å². The van der Waals surface area contributed by atoms with Gasteiger partial charge in [-0.05, 0) is 38.1 Å². The molecule has 1 aromatic carbocycles. The summed E-state index contributed by atoms with van der Waals surface area (Å²) >= 11 is 0. The maximum Gasteiger partial charge on any atom is 0.273 e. The molecule has 0 unspecified atom stereocenters. The maximum atomic E-state index is 12.2. The fourth-order valence-electron chi connectivity index (χ4n) is 2.90. The van der Waals surface area contributed by atoms with Crippen LogP contribution in [0.15, 0.2) is 47.4 Å². The molecule has 27 heavy (non-hydrogen) atoms. The minimum atomic E-state index is -0.234. The van der Waals surface area contributed by atoms with Crippen LogP contribution in [0.1, 0.15) is 17.1 Å². The van der Waals surface area contributed by atoms with Crippen molar-refractivity contribution >= 4 is 22.5 Å². The zero-order valence-corrected chi connectivity index (χ0v) is 14.7. The van der Waals surface area contributed by atoms with Crippen molar-refractivity contribution in [3.8, 4) is 11.8 Å². The van der Waals surface area contributed by atoms with Gasteiger partial charge in [0.25, 0.3) is 5.56 Å². The minimum Gasteiger partial charge on any atom is -0.325 e. The third-order valence-electron chi connectivity index (χ3n) is 4.06. The minimum absolute atomic E-state index is 0.234. The van der Waals surface area contributed by atoms with E-state index in [9.17, 15) is 4.79 Å². The van der Waals surface area contributed by atoms with E-state index in [0.29, 0.717) is 33.9 Å². The molecular formula is C19H15N7O. The smallest absolute Gasteiger partial charge is 0.273 e. The molecule has 0 radical (unpaired) electrons. The van der Waals surface area contributed by atoms with E-state index in [0.717, 1.165) is 11.4 Å². The summed E-state index contributed by atoms with van der Waals surface area (Å²) in [6.07, 6.45) is 1.53. The first kappa shape index (κ1) is 16.5. The predicted octanol–water partition coefficient (Wildman–Crippen LogP) is 2.74. The number of nitriles is 1. The number of pyridine rings is 1. The van der Waals surface area contributed by atoms with Crippen LogP contribution in [0.4, 0.5) is 11.6 Å². The van der Waals surface area contributed by atoms with Crippen molar-refractivity contribution in [2.45, 2.75) is 13.8 Å². The molecule has 0 aliphatic carbocycles. The molecule has 4 rings (SSSR count). The van der Waals surface area contributed by atoms with Crippen molar-refractivity contribution in [1.82, 2.24) is 24.7 Å². The number of fused-ring (bicyclic) bond motifs is 1. The fourth-order valence-corrected chi connectivity index (χ4v) is 2.90. The van der Waals surface area contributed by atoms with E-state index in [1.54, 1.807) is 35.0 Å². The van der Waals surface area contributed by atoms with Crippen LogP contribution >= 0.6 is 0 Å². The number of anilines is 2. The molecule has 0 aliphatic heterocycles. The molecule has 0 atom stereocenters. The van der Waals surface area contributed by atoms with Crippen molar-refractivity contribution < 1.29 is 0 Å². The topological polar surface area (TPSA) is 112 Å². The molecule has 132 valence electrons. The van der Waals surface area contributed by atoms with Crippen LogP contribution in [0.25, 0.3) is 16.6 Å². The van der Waals surface area contributed by atoms with E-state index in [-0.39, 0.29) is 5.56 Å². The first-order valence-electron chi connectivity index (χ1n) is 8.24. The van der Waals surface area contributed by atoms with Crippen molar-refractivity contribution in [2.75, 3.05) is 5.32 Å². The van der Waals surface area contributed by atoms with Crippen LogP contribution in [0.3, 0.4) is 0 Å². The molecule has 2 N–H and O–H groups in total. The van der Waals surface area contributed by atoms with Crippen LogP contribution in [0.2, 0.25) is 0 Å². The molecule has 0 aliphatic rings. The first-order valence-corrected chi connectivity index (χ1v) is 8.24. The van der Waals surface area contributed by atoms with Crippen LogP contribution in [0, 0.1) is 25.2 Å². The molecule has 0 saturated heterocycles. The Morgan fingerprint density at radius 2 is 1.89 bits per heavy atom. The summed E-state index contributed by atoms with van der Waals surface area (Å²) in [6, 6.07) is 12.6. The Morgan fingerprint density at radius 3 is 2.59 bits per heavy atom. The number of rotatable bonds is 3. The Morgan fingerprint density at radius 1 is 1.11 bits per heavy atom. The SMILES string of the molecule is Cc1cc(Nc2cc3c(cn2)c(=O)[nH]n3-c2ccc(C#N)cc2)nc(C)n1. The summed E-state index contributed by atoms with van der Waals surface area (Å²) in [6.45, 7) is 3.72. The lowest BCUT2D eigenvalue weighted by Crippen LogP contribution is -2.03. The summed E-state index contributed by atoms with van der Waals surface area (Å²) in [4.78, 5) is 25.2. The Labute approximate surface area is 154 Å². The van der Waals surface area contributed by atoms with Gasteiger partial charge < -0.3 is 5.32 Å². The van der Waals surface area contributed by atoms with Crippen molar-refractivity contribution in [3.05, 3.63) is 70.0 Å². The number of aryl methyl sites for hydroxylation is 2. The van der Waals surface area contributed by atoms with Crippen LogP contribution in [-0.4, -0.2) is 24.7 Å². The molecule has 4 aromatic rings. The summed E-state index contributed by atoms with van der Waals surface area (Å²) in [5, 5.41) is 15.4. The van der Waals surface area contributed by atoms with Gasteiger partial charge in [-0.3, -0.25) is 14.6 Å². The standard InChI is InChI=1S/C19H15N7O/c1-11-7-18(23-12(2)22-11)24-17-8-16-15(10-21-17)19(27)25-26(16)14-5-3-13(9-20)4-6-14/h3-8,10H,1-2H3,(H,25,27)(H,21,22,23,24). The largest absolute Gasteiger partial charge is 0.325 e. The van der Waals surface area contributed by atoms with Crippen LogP contribution in [0.5, 0.6) is 0 Å². The highest BCUT2D eigenvalue weighted by molar-refractivity contribution is 5.82. The number of hydrogen-bond acceptors (Lipinski definition) is 6. The third-order valence-corrected chi connectivity index (χ3v) is 4.06. The molecule has 0 spiro atoms. The second kappa shape index (κ2) is 6.38. The zero-order valence-electron chi connectivity index (χ0n) is 14.7. The van der Waals surface area contributed by atoms with Gasteiger partial charge in [0.2, 0.25) is 0 Å². The molecule has 0 saturated carbocycles. The number of benzene rings is 1. The zero-order chi connectivity index (χ0) is 19.0. The van der Waals surface area contributed by atoms with E-state index < -0.39 is 0 Å². The first-order chi connectivity index (χ1) is 13.0. The number of aromatic nitrogens is 5. The highest BCUT2D eigenvalue weighted by Gasteiger charge is 2.11. The lowest BCUT2D eigenvalue weighted by atomic mass is 10.2. The predicted molar refractivity (Wildman–Crippen MR) is 101 cm³/mol. The Hall–Kier alpha value is -3.99. The number of aromatic amines is 1. The Bertz CT molecular complexity index is 1230. The third kappa shape index (κ3) is 3.14. The number of H-pyrrole nitrogens is 1. The Balaban J connectivity index is 1.79. The van der Waals surface area contributed by atoms with Gasteiger partial charge in [-0.15, -0.1) is 0 Å². The van der Waals surface area contributed by atoms with Gasteiger partial charge in [-0.2, -0.15) is 5.26 Å². The van der Waals surface area contributed by atoms with Crippen molar-refractivity contribution in [1.29, 1.82) is 5.26 Å². The van der Waals surface area contributed by atoms with Gasteiger partial charge in [-0.1, -0.05) is 0 Å². The van der Waals surface area contributed by atoms with E-state index >= 15 is 0 Å². The van der Waals surface area contributed by atoms with Crippen LogP contribution in [-0.2, 0) is 0 Å². The molecule has 0 fully saturated rings. The second-order valence-electron chi connectivity index (χ2n) is 6.09. The molecule has 8 nitrogen and oxygen atoms in total. The fraction of sp³-hybridized carbons (Fsp3) is 0.105. The van der Waals surface area contributed by atoms with Gasteiger partial charge >= 0.3 is 0 Å². The lowest BCUT2D eigenvalue weighted by molar-refractivity contribution is 0.891. The molecule has 3 heterocycles. The van der Waals surface area contributed by atoms with E-state index in [1.807, 2.05) is 19.9 Å². The normalized spacial score (nSPS) is 10.7. The van der Waals surface area contributed by atoms with Crippen molar-refractivity contribution in [3.63, 3.8) is 0 Å².